The van der Waals surface area contributed by atoms with Crippen molar-refractivity contribution in [2.24, 2.45) is 0 Å². The van der Waals surface area contributed by atoms with Crippen LogP contribution in [0.3, 0.4) is 0 Å². The summed E-state index contributed by atoms with van der Waals surface area (Å²) in [7, 11) is -2.17. The number of methoxy groups -OCH3 is 1. The number of fused-ring (bicyclic) bond motifs is 1. The van der Waals surface area contributed by atoms with Gasteiger partial charge in [-0.1, -0.05) is 23.7 Å². The van der Waals surface area contributed by atoms with Crippen LogP contribution in [-0.2, 0) is 35.7 Å². The summed E-state index contributed by atoms with van der Waals surface area (Å²) in [6.07, 6.45) is 5.76. The number of Topliss-reactive ketones (excluding diaryl/α,β-unsaturated/α-hetero) is 2. The van der Waals surface area contributed by atoms with E-state index < -0.39 is 10.0 Å². The van der Waals surface area contributed by atoms with E-state index in [1.54, 1.807) is 24.5 Å². The van der Waals surface area contributed by atoms with Crippen LogP contribution in [0.15, 0.2) is 47.4 Å². The predicted octanol–water partition coefficient (Wildman–Crippen LogP) is 5.92. The van der Waals surface area contributed by atoms with Crippen molar-refractivity contribution in [2.45, 2.75) is 56.3 Å². The Balaban J connectivity index is 1.43. The second-order valence-electron chi connectivity index (χ2n) is 9.81. The fraction of sp³-hybridized carbons (Fsp3) is 0.379. The first-order chi connectivity index (χ1) is 18.3. The van der Waals surface area contributed by atoms with Crippen molar-refractivity contribution in [1.29, 1.82) is 0 Å². The van der Waals surface area contributed by atoms with Crippen LogP contribution in [0.4, 0.5) is 0 Å². The molecule has 1 aromatic heterocycles. The van der Waals surface area contributed by atoms with Crippen molar-refractivity contribution in [2.75, 3.05) is 20.2 Å². The number of halogens is 1. The van der Waals surface area contributed by atoms with E-state index in [0.717, 1.165) is 60.3 Å². The molecule has 0 amide bonds. The Morgan fingerprint density at radius 1 is 0.947 bits per heavy atom. The van der Waals surface area contributed by atoms with Gasteiger partial charge in [-0.05, 0) is 80.0 Å². The standard InChI is InChI=1S/C29H30ClNO5S2/c1-36-21-11-8-19(9-12-21)16-25(33)29-22-6-2-3-7-26(22)37-27(29)18-24(32)20-10-13-23(30)28(17-20)38(34,35)31-14-4-5-15-31/h8-13,17H,2-7,14-16,18H2,1H3. The summed E-state index contributed by atoms with van der Waals surface area (Å²) in [5.41, 5.74) is 2.93. The zero-order valence-electron chi connectivity index (χ0n) is 21.3. The number of hydrogen-bond acceptors (Lipinski definition) is 6. The minimum Gasteiger partial charge on any atom is -0.497 e. The van der Waals surface area contributed by atoms with Gasteiger partial charge >= 0.3 is 0 Å². The first-order valence-corrected chi connectivity index (χ1v) is 15.5. The Kier molecular flexibility index (Phi) is 8.05. The highest BCUT2D eigenvalue weighted by Gasteiger charge is 2.31. The monoisotopic (exact) mass is 571 g/mol. The summed E-state index contributed by atoms with van der Waals surface area (Å²) in [6, 6.07) is 11.9. The van der Waals surface area contributed by atoms with Crippen LogP contribution in [0.1, 0.15) is 67.3 Å². The molecule has 1 saturated heterocycles. The molecule has 0 radical (unpaired) electrons. The van der Waals surface area contributed by atoms with Gasteiger partial charge in [0.1, 0.15) is 10.6 Å². The van der Waals surface area contributed by atoms with E-state index in [9.17, 15) is 18.0 Å². The summed E-state index contributed by atoms with van der Waals surface area (Å²) in [6.45, 7) is 0.911. The second kappa shape index (κ2) is 11.3. The maximum atomic E-state index is 13.6. The zero-order chi connectivity index (χ0) is 26.9. The number of ketones is 2. The lowest BCUT2D eigenvalue weighted by Crippen LogP contribution is -2.28. The minimum absolute atomic E-state index is 0.00535. The Labute approximate surface area is 232 Å². The summed E-state index contributed by atoms with van der Waals surface area (Å²) >= 11 is 7.84. The second-order valence-corrected chi connectivity index (χ2v) is 13.3. The number of thiophene rings is 1. The molecule has 200 valence electrons. The molecule has 1 fully saturated rings. The van der Waals surface area contributed by atoms with Crippen LogP contribution >= 0.6 is 22.9 Å². The largest absolute Gasteiger partial charge is 0.497 e. The van der Waals surface area contributed by atoms with Crippen molar-refractivity contribution in [3.63, 3.8) is 0 Å². The highest BCUT2D eigenvalue weighted by atomic mass is 35.5. The van der Waals surface area contributed by atoms with Gasteiger partial charge in [-0.25, -0.2) is 8.42 Å². The van der Waals surface area contributed by atoms with E-state index in [2.05, 4.69) is 0 Å². The number of carbonyl (C=O) groups excluding carboxylic acids is 2. The lowest BCUT2D eigenvalue weighted by Gasteiger charge is -2.17. The lowest BCUT2D eigenvalue weighted by atomic mass is 9.90. The minimum atomic E-state index is -3.77. The van der Waals surface area contributed by atoms with Gasteiger partial charge in [0.05, 0.1) is 12.1 Å². The normalized spacial score (nSPS) is 15.8. The zero-order valence-corrected chi connectivity index (χ0v) is 23.7. The molecule has 6 nitrogen and oxygen atoms in total. The molecule has 2 aliphatic rings. The third kappa shape index (κ3) is 5.45. The fourth-order valence-electron chi connectivity index (χ4n) is 5.28. The van der Waals surface area contributed by atoms with E-state index >= 15 is 0 Å². The number of nitrogens with zero attached hydrogens (tertiary/aromatic N) is 1. The van der Waals surface area contributed by atoms with Crippen LogP contribution in [0.2, 0.25) is 5.02 Å². The topological polar surface area (TPSA) is 80.8 Å². The summed E-state index contributed by atoms with van der Waals surface area (Å²) < 4.78 is 33.0. The van der Waals surface area contributed by atoms with Crippen LogP contribution in [0.5, 0.6) is 5.75 Å². The molecular weight excluding hydrogens is 542 g/mol. The van der Waals surface area contributed by atoms with Crippen LogP contribution in [0.25, 0.3) is 0 Å². The van der Waals surface area contributed by atoms with Crippen LogP contribution < -0.4 is 4.74 Å². The van der Waals surface area contributed by atoms with E-state index in [-0.39, 0.29) is 39.9 Å². The molecule has 1 aliphatic heterocycles. The Hall–Kier alpha value is -2.52. The Morgan fingerprint density at radius 2 is 1.66 bits per heavy atom. The van der Waals surface area contributed by atoms with Crippen molar-refractivity contribution in [3.8, 4) is 5.75 Å². The van der Waals surface area contributed by atoms with Gasteiger partial charge < -0.3 is 4.74 Å². The third-order valence-corrected chi connectivity index (χ3v) is 11.0. The van der Waals surface area contributed by atoms with Gasteiger partial charge in [-0.3, -0.25) is 9.59 Å². The van der Waals surface area contributed by atoms with Gasteiger partial charge in [-0.2, -0.15) is 4.31 Å². The van der Waals surface area contributed by atoms with Crippen molar-refractivity contribution in [1.82, 2.24) is 4.31 Å². The number of aryl methyl sites for hydroxylation is 1. The number of carbonyl (C=O) groups is 2. The first-order valence-electron chi connectivity index (χ1n) is 12.9. The number of ether oxygens (including phenoxy) is 1. The van der Waals surface area contributed by atoms with Crippen molar-refractivity contribution < 1.29 is 22.7 Å². The molecule has 0 atom stereocenters. The number of benzene rings is 2. The van der Waals surface area contributed by atoms with Gasteiger partial charge in [0.2, 0.25) is 10.0 Å². The Bertz CT molecular complexity index is 1470. The van der Waals surface area contributed by atoms with Crippen molar-refractivity contribution in [3.05, 3.63) is 79.5 Å². The van der Waals surface area contributed by atoms with E-state index in [0.29, 0.717) is 18.7 Å². The van der Waals surface area contributed by atoms with Crippen LogP contribution in [-0.4, -0.2) is 44.5 Å². The van der Waals surface area contributed by atoms with E-state index in [1.165, 1.54) is 21.3 Å². The molecule has 9 heteroatoms. The molecule has 3 aromatic rings. The smallest absolute Gasteiger partial charge is 0.244 e. The van der Waals surface area contributed by atoms with Gasteiger partial charge in [-0.15, -0.1) is 11.3 Å². The summed E-state index contributed by atoms with van der Waals surface area (Å²) in [5, 5.41) is 0.107. The maximum absolute atomic E-state index is 13.6. The van der Waals surface area contributed by atoms with E-state index in [1.807, 2.05) is 24.3 Å². The molecule has 1 aliphatic carbocycles. The quantitative estimate of drug-likeness (QED) is 0.298. The van der Waals surface area contributed by atoms with Crippen LogP contribution in [0, 0.1) is 0 Å². The predicted molar refractivity (Wildman–Crippen MR) is 149 cm³/mol. The first kappa shape index (κ1) is 27.1. The molecule has 0 N–H and O–H groups in total. The number of hydrogen-bond donors (Lipinski definition) is 0. The molecule has 2 aromatic carbocycles. The molecule has 5 rings (SSSR count). The molecule has 2 heterocycles. The molecule has 0 bridgehead atoms. The van der Waals surface area contributed by atoms with Gasteiger partial charge in [0, 0.05) is 46.8 Å². The SMILES string of the molecule is COc1ccc(CC(=O)c2c(CC(=O)c3ccc(Cl)c(S(=O)(=O)N4CCCC4)c3)sc3c2CCCC3)cc1. The van der Waals surface area contributed by atoms with Gasteiger partial charge in [0.15, 0.2) is 11.6 Å². The average Bonchev–Trinajstić information content (AvgIpc) is 3.58. The van der Waals surface area contributed by atoms with Gasteiger partial charge in [0.25, 0.3) is 0 Å². The van der Waals surface area contributed by atoms with E-state index in [4.69, 9.17) is 16.3 Å². The average molecular weight is 572 g/mol. The summed E-state index contributed by atoms with van der Waals surface area (Å²) in [4.78, 5) is 29.0. The lowest BCUT2D eigenvalue weighted by molar-refractivity contribution is 0.0989. The molecule has 0 saturated carbocycles. The number of sulfonamides is 1. The highest BCUT2D eigenvalue weighted by Crippen LogP contribution is 2.37. The molecule has 0 spiro atoms. The fourth-order valence-corrected chi connectivity index (χ4v) is 8.71. The Morgan fingerprint density at radius 3 is 2.37 bits per heavy atom. The number of rotatable bonds is 9. The molecule has 0 unspecified atom stereocenters. The maximum Gasteiger partial charge on any atom is 0.244 e. The molecule has 38 heavy (non-hydrogen) atoms. The summed E-state index contributed by atoms with van der Waals surface area (Å²) in [5.74, 6) is 0.511. The molecular formula is C29H30ClNO5S2. The van der Waals surface area contributed by atoms with Crippen molar-refractivity contribution >= 4 is 44.5 Å². The third-order valence-electron chi connectivity index (χ3n) is 7.30. The highest BCUT2D eigenvalue weighted by molar-refractivity contribution is 7.89.